The molecule has 0 saturated carbocycles. The van der Waals surface area contributed by atoms with Crippen molar-refractivity contribution in [1.82, 2.24) is 4.98 Å². The van der Waals surface area contributed by atoms with Crippen LogP contribution in [0.2, 0.25) is 5.15 Å². The zero-order chi connectivity index (χ0) is 10.8. The summed E-state index contributed by atoms with van der Waals surface area (Å²) in [6.07, 6.45) is -3.80. The first kappa shape index (κ1) is 10.6. The fraction of sp³-hybridized carbons (Fsp3) is 0.143. The zero-order valence-electron chi connectivity index (χ0n) is 6.47. The number of alkyl halides is 3. The summed E-state index contributed by atoms with van der Waals surface area (Å²) in [5.74, 6) is -0.682. The van der Waals surface area contributed by atoms with E-state index in [-0.39, 0.29) is 5.56 Å². The highest BCUT2D eigenvalue weighted by atomic mass is 35.5. The average molecular weight is 223 g/mol. The lowest BCUT2D eigenvalue weighted by molar-refractivity contribution is -0.274. The summed E-state index contributed by atoms with van der Waals surface area (Å²) in [5, 5.41) is 7.94. The van der Waals surface area contributed by atoms with Crippen LogP contribution in [0.4, 0.5) is 13.2 Å². The Morgan fingerprint density at radius 3 is 2.64 bits per heavy atom. The molecule has 0 atom stereocenters. The second-order valence-electron chi connectivity index (χ2n) is 2.17. The fourth-order valence-electron chi connectivity index (χ4n) is 0.685. The summed E-state index contributed by atoms with van der Waals surface area (Å²) in [4.78, 5) is 3.35. The van der Waals surface area contributed by atoms with Crippen molar-refractivity contribution in [2.24, 2.45) is 0 Å². The van der Waals surface area contributed by atoms with Crippen molar-refractivity contribution < 1.29 is 17.9 Å². The van der Waals surface area contributed by atoms with Gasteiger partial charge in [0.2, 0.25) is 0 Å². The SMILES string of the molecule is N#Cc1cnc(Cl)c(OC(F)(F)F)c1. The maximum atomic E-state index is 11.8. The van der Waals surface area contributed by atoms with E-state index in [1.54, 1.807) is 6.07 Å². The Morgan fingerprint density at radius 1 is 1.50 bits per heavy atom. The van der Waals surface area contributed by atoms with Crippen LogP contribution in [0.25, 0.3) is 0 Å². The first-order chi connectivity index (χ1) is 6.42. The normalized spacial score (nSPS) is 10.8. The molecule has 7 heteroatoms. The molecule has 0 aliphatic rings. The first-order valence-electron chi connectivity index (χ1n) is 3.24. The number of nitrogens with zero attached hydrogens (tertiary/aromatic N) is 2. The van der Waals surface area contributed by atoms with Crippen molar-refractivity contribution in [1.29, 1.82) is 5.26 Å². The van der Waals surface area contributed by atoms with Gasteiger partial charge in [0.1, 0.15) is 6.07 Å². The highest BCUT2D eigenvalue weighted by Crippen LogP contribution is 2.28. The predicted molar refractivity (Wildman–Crippen MR) is 40.6 cm³/mol. The Bertz CT molecular complexity index is 386. The monoisotopic (exact) mass is 222 g/mol. The zero-order valence-corrected chi connectivity index (χ0v) is 7.23. The topological polar surface area (TPSA) is 45.9 Å². The minimum Gasteiger partial charge on any atom is -0.402 e. The summed E-state index contributed by atoms with van der Waals surface area (Å²) >= 11 is 5.31. The van der Waals surface area contributed by atoms with Gasteiger partial charge in [0.15, 0.2) is 10.9 Å². The van der Waals surface area contributed by atoms with E-state index in [1.807, 2.05) is 0 Å². The van der Waals surface area contributed by atoms with Crippen LogP contribution in [0.5, 0.6) is 5.75 Å². The molecular formula is C7H2ClF3N2O. The molecule has 0 N–H and O–H groups in total. The maximum absolute atomic E-state index is 11.8. The lowest BCUT2D eigenvalue weighted by Crippen LogP contribution is -2.17. The molecular weight excluding hydrogens is 221 g/mol. The summed E-state index contributed by atoms with van der Waals surface area (Å²) in [7, 11) is 0. The van der Waals surface area contributed by atoms with Crippen molar-refractivity contribution in [3.8, 4) is 11.8 Å². The van der Waals surface area contributed by atoms with Crippen molar-refractivity contribution in [2.45, 2.75) is 6.36 Å². The van der Waals surface area contributed by atoms with Gasteiger partial charge >= 0.3 is 6.36 Å². The van der Waals surface area contributed by atoms with Crippen LogP contribution < -0.4 is 4.74 Å². The highest BCUT2D eigenvalue weighted by Gasteiger charge is 2.32. The van der Waals surface area contributed by atoms with E-state index in [1.165, 1.54) is 0 Å². The molecule has 1 aromatic heterocycles. The Morgan fingerprint density at radius 2 is 2.14 bits per heavy atom. The molecule has 0 saturated heterocycles. The van der Waals surface area contributed by atoms with Gasteiger partial charge in [-0.2, -0.15) is 5.26 Å². The summed E-state index contributed by atoms with van der Waals surface area (Å²) in [5.41, 5.74) is -0.0614. The van der Waals surface area contributed by atoms with Crippen molar-refractivity contribution in [2.75, 3.05) is 0 Å². The maximum Gasteiger partial charge on any atom is 0.573 e. The van der Waals surface area contributed by atoms with Crippen LogP contribution in [0, 0.1) is 11.3 Å². The third kappa shape index (κ3) is 2.78. The Hall–Kier alpha value is -1.48. The van der Waals surface area contributed by atoms with Crippen LogP contribution in [0.1, 0.15) is 5.56 Å². The first-order valence-corrected chi connectivity index (χ1v) is 3.61. The van der Waals surface area contributed by atoms with Gasteiger partial charge < -0.3 is 4.74 Å². The number of ether oxygens (including phenoxy) is 1. The van der Waals surface area contributed by atoms with Crippen molar-refractivity contribution >= 4 is 11.6 Å². The molecule has 1 rings (SSSR count). The number of halogens is 4. The molecule has 0 aliphatic carbocycles. The lowest BCUT2D eigenvalue weighted by atomic mass is 10.3. The van der Waals surface area contributed by atoms with Gasteiger partial charge in [0.25, 0.3) is 0 Å². The van der Waals surface area contributed by atoms with E-state index in [0.29, 0.717) is 0 Å². The largest absolute Gasteiger partial charge is 0.573 e. The molecule has 0 spiro atoms. The van der Waals surface area contributed by atoms with Gasteiger partial charge in [-0.25, -0.2) is 4.98 Å². The number of nitriles is 1. The van der Waals surface area contributed by atoms with Crippen LogP contribution in [0.15, 0.2) is 12.3 Å². The number of pyridine rings is 1. The Kier molecular flexibility index (Phi) is 2.81. The molecule has 1 heterocycles. The van der Waals surface area contributed by atoms with E-state index in [4.69, 9.17) is 16.9 Å². The average Bonchev–Trinajstić information content (AvgIpc) is 2.06. The minimum absolute atomic E-state index is 0.0614. The Balaban J connectivity index is 3.03. The molecule has 0 radical (unpaired) electrons. The second-order valence-corrected chi connectivity index (χ2v) is 2.53. The van der Waals surface area contributed by atoms with E-state index in [0.717, 1.165) is 12.3 Å². The summed E-state index contributed by atoms with van der Waals surface area (Å²) in [6, 6.07) is 2.48. The molecule has 14 heavy (non-hydrogen) atoms. The van der Waals surface area contributed by atoms with Gasteiger partial charge in [-0.15, -0.1) is 13.2 Å². The molecule has 0 aromatic carbocycles. The van der Waals surface area contributed by atoms with E-state index >= 15 is 0 Å². The van der Waals surface area contributed by atoms with E-state index in [2.05, 4.69) is 9.72 Å². The predicted octanol–water partition coefficient (Wildman–Crippen LogP) is 2.51. The third-order valence-corrected chi connectivity index (χ3v) is 1.45. The van der Waals surface area contributed by atoms with Crippen molar-refractivity contribution in [3.63, 3.8) is 0 Å². The second kappa shape index (κ2) is 3.72. The van der Waals surface area contributed by atoms with Gasteiger partial charge in [-0.05, 0) is 0 Å². The molecule has 0 amide bonds. The summed E-state index contributed by atoms with van der Waals surface area (Å²) in [6.45, 7) is 0. The highest BCUT2D eigenvalue weighted by molar-refractivity contribution is 6.30. The quantitative estimate of drug-likeness (QED) is 0.686. The molecule has 74 valence electrons. The third-order valence-electron chi connectivity index (χ3n) is 1.16. The number of hydrogen-bond acceptors (Lipinski definition) is 3. The molecule has 3 nitrogen and oxygen atoms in total. The van der Waals surface area contributed by atoms with Gasteiger partial charge in [-0.1, -0.05) is 11.6 Å². The van der Waals surface area contributed by atoms with Crippen LogP contribution >= 0.6 is 11.6 Å². The molecule has 0 unspecified atom stereocenters. The minimum atomic E-state index is -4.85. The van der Waals surface area contributed by atoms with Crippen LogP contribution in [-0.2, 0) is 0 Å². The lowest BCUT2D eigenvalue weighted by Gasteiger charge is -2.09. The smallest absolute Gasteiger partial charge is 0.402 e. The Labute approximate surface area is 81.7 Å². The fourth-order valence-corrected chi connectivity index (χ4v) is 0.827. The standard InChI is InChI=1S/C7H2ClF3N2O/c8-6-5(14-7(9,10)11)1-4(2-12)3-13-6/h1,3H. The van der Waals surface area contributed by atoms with E-state index < -0.39 is 17.3 Å². The van der Waals surface area contributed by atoms with Gasteiger partial charge in [0, 0.05) is 12.3 Å². The van der Waals surface area contributed by atoms with Crippen LogP contribution in [0.3, 0.4) is 0 Å². The molecule has 0 bridgehead atoms. The van der Waals surface area contributed by atoms with Gasteiger partial charge in [0.05, 0.1) is 5.56 Å². The molecule has 0 fully saturated rings. The number of rotatable bonds is 1. The van der Waals surface area contributed by atoms with Crippen LogP contribution in [-0.4, -0.2) is 11.3 Å². The van der Waals surface area contributed by atoms with Gasteiger partial charge in [-0.3, -0.25) is 0 Å². The summed E-state index contributed by atoms with van der Waals surface area (Å²) < 4.78 is 38.8. The molecule has 1 aromatic rings. The van der Waals surface area contributed by atoms with Crippen molar-refractivity contribution in [3.05, 3.63) is 23.0 Å². The number of hydrogen-bond donors (Lipinski definition) is 0. The number of aromatic nitrogens is 1. The van der Waals surface area contributed by atoms with E-state index in [9.17, 15) is 13.2 Å². The molecule has 0 aliphatic heterocycles.